The zero-order chi connectivity index (χ0) is 21.1. The van der Waals surface area contributed by atoms with Crippen molar-refractivity contribution in [2.45, 2.75) is 26.4 Å². The van der Waals surface area contributed by atoms with Crippen molar-refractivity contribution in [2.24, 2.45) is 0 Å². The number of hydrogen-bond acceptors (Lipinski definition) is 3. The fourth-order valence-electron chi connectivity index (χ4n) is 3.97. The van der Waals surface area contributed by atoms with Crippen molar-refractivity contribution in [3.05, 3.63) is 107 Å². The molecular formula is C26H24N2O2. The van der Waals surface area contributed by atoms with Crippen LogP contribution in [0.2, 0.25) is 0 Å². The molecule has 0 aliphatic carbocycles. The van der Waals surface area contributed by atoms with Gasteiger partial charge in [0.25, 0.3) is 5.91 Å². The van der Waals surface area contributed by atoms with Crippen molar-refractivity contribution in [1.29, 1.82) is 0 Å². The first kappa shape index (κ1) is 19.6. The lowest BCUT2D eigenvalue weighted by atomic mass is 9.92. The molecule has 3 aromatic rings. The van der Waals surface area contributed by atoms with Gasteiger partial charge in [-0.05, 0) is 42.7 Å². The van der Waals surface area contributed by atoms with Crippen LogP contribution in [0.15, 0.2) is 90.6 Å². The monoisotopic (exact) mass is 396 g/mol. The standard InChI is InChI=1S/C26H24N2O2/c1-18-24(26(30)27-25(19(2)29)20-11-5-3-6-12-20)23-16-10-9-13-21(23)17-28(18)22-14-7-4-8-15-22/h3-16,25H,17H2,1-2H3,(H,27,30)/t25-/m1/s1. The quantitative estimate of drug-likeness (QED) is 0.668. The van der Waals surface area contributed by atoms with Gasteiger partial charge in [0.2, 0.25) is 0 Å². The Bertz CT molecular complexity index is 1100. The number of hydrogen-bond donors (Lipinski definition) is 1. The van der Waals surface area contributed by atoms with Gasteiger partial charge in [-0.25, -0.2) is 0 Å². The molecule has 4 heteroatoms. The number of ketones is 1. The van der Waals surface area contributed by atoms with E-state index in [2.05, 4.69) is 10.2 Å². The molecule has 0 bridgehead atoms. The van der Waals surface area contributed by atoms with Crippen LogP contribution in [0.4, 0.5) is 5.69 Å². The number of amides is 1. The zero-order valence-corrected chi connectivity index (χ0v) is 17.1. The van der Waals surface area contributed by atoms with Crippen LogP contribution in [0.1, 0.15) is 36.6 Å². The highest BCUT2D eigenvalue weighted by molar-refractivity contribution is 6.22. The maximum atomic E-state index is 13.5. The number of anilines is 1. The normalized spacial score (nSPS) is 14.1. The largest absolute Gasteiger partial charge is 0.340 e. The highest BCUT2D eigenvalue weighted by Crippen LogP contribution is 2.35. The second-order valence-corrected chi connectivity index (χ2v) is 7.47. The molecule has 4 rings (SSSR count). The van der Waals surface area contributed by atoms with Gasteiger partial charge in [-0.3, -0.25) is 9.59 Å². The molecule has 0 aromatic heterocycles. The Hall–Kier alpha value is -3.66. The van der Waals surface area contributed by atoms with Gasteiger partial charge in [-0.1, -0.05) is 72.8 Å². The molecule has 1 aliphatic heterocycles. The number of nitrogens with zero attached hydrogens (tertiary/aromatic N) is 1. The molecule has 30 heavy (non-hydrogen) atoms. The summed E-state index contributed by atoms with van der Waals surface area (Å²) in [5.41, 5.74) is 5.27. The predicted molar refractivity (Wildman–Crippen MR) is 120 cm³/mol. The van der Waals surface area contributed by atoms with Crippen molar-refractivity contribution in [1.82, 2.24) is 5.32 Å². The zero-order valence-electron chi connectivity index (χ0n) is 17.1. The number of allylic oxidation sites excluding steroid dienone is 1. The number of para-hydroxylation sites is 1. The Kier molecular flexibility index (Phi) is 5.48. The van der Waals surface area contributed by atoms with Crippen LogP contribution in [-0.2, 0) is 16.1 Å². The molecule has 0 unspecified atom stereocenters. The molecule has 1 atom stereocenters. The van der Waals surface area contributed by atoms with Crippen LogP contribution >= 0.6 is 0 Å². The van der Waals surface area contributed by atoms with Gasteiger partial charge in [-0.15, -0.1) is 0 Å². The molecule has 0 saturated carbocycles. The average molecular weight is 396 g/mol. The van der Waals surface area contributed by atoms with E-state index in [1.807, 2.05) is 91.9 Å². The third-order valence-electron chi connectivity index (χ3n) is 5.49. The maximum Gasteiger partial charge on any atom is 0.254 e. The number of fused-ring (bicyclic) bond motifs is 1. The second kappa shape index (κ2) is 8.37. The minimum Gasteiger partial charge on any atom is -0.340 e. The van der Waals surface area contributed by atoms with Crippen LogP contribution in [-0.4, -0.2) is 11.7 Å². The van der Waals surface area contributed by atoms with E-state index < -0.39 is 6.04 Å². The SMILES string of the molecule is CC(=O)[C@@H](NC(=O)C1=C(C)N(c2ccccc2)Cc2ccccc21)c1ccccc1. The van der Waals surface area contributed by atoms with Crippen molar-refractivity contribution in [2.75, 3.05) is 4.90 Å². The van der Waals surface area contributed by atoms with Gasteiger partial charge in [0.05, 0.1) is 5.57 Å². The van der Waals surface area contributed by atoms with Gasteiger partial charge in [0, 0.05) is 17.9 Å². The third kappa shape index (κ3) is 3.77. The van der Waals surface area contributed by atoms with Crippen LogP contribution in [0.25, 0.3) is 5.57 Å². The van der Waals surface area contributed by atoms with E-state index >= 15 is 0 Å². The third-order valence-corrected chi connectivity index (χ3v) is 5.49. The van der Waals surface area contributed by atoms with Crippen molar-refractivity contribution in [3.63, 3.8) is 0 Å². The maximum absolute atomic E-state index is 13.5. The summed E-state index contributed by atoms with van der Waals surface area (Å²) in [6.07, 6.45) is 0. The molecule has 0 radical (unpaired) electrons. The van der Waals surface area contributed by atoms with E-state index in [0.717, 1.165) is 28.1 Å². The van der Waals surface area contributed by atoms with Crippen molar-refractivity contribution >= 4 is 23.0 Å². The lowest BCUT2D eigenvalue weighted by Crippen LogP contribution is -2.37. The highest BCUT2D eigenvalue weighted by atomic mass is 16.2. The average Bonchev–Trinajstić information content (AvgIpc) is 2.78. The van der Waals surface area contributed by atoms with E-state index in [1.54, 1.807) is 0 Å². The number of benzene rings is 3. The number of Topliss-reactive ketones (excluding diaryl/α,β-unsaturated/α-hetero) is 1. The highest BCUT2D eigenvalue weighted by Gasteiger charge is 2.29. The minimum absolute atomic E-state index is 0.100. The summed E-state index contributed by atoms with van der Waals surface area (Å²) >= 11 is 0. The Morgan fingerprint density at radius 1 is 0.867 bits per heavy atom. The van der Waals surface area contributed by atoms with Crippen LogP contribution in [0.5, 0.6) is 0 Å². The molecule has 1 heterocycles. The van der Waals surface area contributed by atoms with Gasteiger partial charge in [-0.2, -0.15) is 0 Å². The van der Waals surface area contributed by atoms with E-state index in [9.17, 15) is 9.59 Å². The minimum atomic E-state index is -0.682. The number of nitrogens with one attached hydrogen (secondary N) is 1. The summed E-state index contributed by atoms with van der Waals surface area (Å²) in [5, 5.41) is 2.97. The molecule has 0 fully saturated rings. The number of rotatable bonds is 5. The topological polar surface area (TPSA) is 49.4 Å². The first-order valence-corrected chi connectivity index (χ1v) is 10.0. The first-order valence-electron chi connectivity index (χ1n) is 10.0. The Balaban J connectivity index is 1.75. The van der Waals surface area contributed by atoms with Crippen molar-refractivity contribution in [3.8, 4) is 0 Å². The summed E-state index contributed by atoms with van der Waals surface area (Å²) in [6.45, 7) is 4.16. The van der Waals surface area contributed by atoms with Crippen LogP contribution < -0.4 is 10.2 Å². The van der Waals surface area contributed by atoms with Crippen LogP contribution in [0, 0.1) is 0 Å². The predicted octanol–water partition coefficient (Wildman–Crippen LogP) is 4.88. The Morgan fingerprint density at radius 3 is 2.13 bits per heavy atom. The molecule has 4 nitrogen and oxygen atoms in total. The number of carbonyl (C=O) groups excluding carboxylic acids is 2. The molecule has 0 saturated heterocycles. The van der Waals surface area contributed by atoms with Gasteiger partial charge >= 0.3 is 0 Å². The lowest BCUT2D eigenvalue weighted by Gasteiger charge is -2.33. The van der Waals surface area contributed by atoms with E-state index in [4.69, 9.17) is 0 Å². The van der Waals surface area contributed by atoms with Crippen molar-refractivity contribution < 1.29 is 9.59 Å². The second-order valence-electron chi connectivity index (χ2n) is 7.47. The van der Waals surface area contributed by atoms with Gasteiger partial charge in [0.1, 0.15) is 6.04 Å². The van der Waals surface area contributed by atoms with Crippen LogP contribution in [0.3, 0.4) is 0 Å². The van der Waals surface area contributed by atoms with E-state index in [0.29, 0.717) is 12.1 Å². The molecule has 1 N–H and O–H groups in total. The number of carbonyl (C=O) groups is 2. The summed E-state index contributed by atoms with van der Waals surface area (Å²) in [6, 6.07) is 26.7. The lowest BCUT2D eigenvalue weighted by molar-refractivity contribution is -0.124. The molecule has 3 aromatic carbocycles. The summed E-state index contributed by atoms with van der Waals surface area (Å²) < 4.78 is 0. The summed E-state index contributed by atoms with van der Waals surface area (Å²) in [5.74, 6) is -0.346. The first-order chi connectivity index (χ1) is 14.6. The molecule has 150 valence electrons. The van der Waals surface area contributed by atoms with E-state index in [1.165, 1.54) is 6.92 Å². The van der Waals surface area contributed by atoms with Gasteiger partial charge < -0.3 is 10.2 Å². The summed E-state index contributed by atoms with van der Waals surface area (Å²) in [7, 11) is 0. The smallest absolute Gasteiger partial charge is 0.254 e. The fourth-order valence-corrected chi connectivity index (χ4v) is 3.97. The van der Waals surface area contributed by atoms with E-state index in [-0.39, 0.29) is 11.7 Å². The molecular weight excluding hydrogens is 372 g/mol. The Morgan fingerprint density at radius 2 is 1.47 bits per heavy atom. The summed E-state index contributed by atoms with van der Waals surface area (Å²) in [4.78, 5) is 28.0. The fraction of sp³-hybridized carbons (Fsp3) is 0.154. The molecule has 1 amide bonds. The molecule has 0 spiro atoms. The molecule has 1 aliphatic rings. The Labute approximate surface area is 176 Å². The van der Waals surface area contributed by atoms with Gasteiger partial charge in [0.15, 0.2) is 5.78 Å².